The van der Waals surface area contributed by atoms with Crippen LogP contribution in [-0.2, 0) is 0 Å². The van der Waals surface area contributed by atoms with Gasteiger partial charge >= 0.3 is 11.7 Å². The van der Waals surface area contributed by atoms with Gasteiger partial charge in [-0.1, -0.05) is 12.1 Å². The highest BCUT2D eigenvalue weighted by Gasteiger charge is 2.16. The fourth-order valence-electron chi connectivity index (χ4n) is 2.69. The lowest BCUT2D eigenvalue weighted by atomic mass is 10.1. The summed E-state index contributed by atoms with van der Waals surface area (Å²) in [6, 6.07) is 10.9. The maximum absolute atomic E-state index is 12.3. The van der Waals surface area contributed by atoms with Crippen LogP contribution in [0.1, 0.15) is 27.0 Å². The molecule has 3 N–H and O–H groups in total. The molecule has 0 spiro atoms. The van der Waals surface area contributed by atoms with Crippen LogP contribution < -0.4 is 11.2 Å². The number of benzene rings is 2. The van der Waals surface area contributed by atoms with Crippen molar-refractivity contribution in [2.24, 2.45) is 4.99 Å². The number of aryl methyl sites for hydroxylation is 1. The summed E-state index contributed by atoms with van der Waals surface area (Å²) in [7, 11) is 0. The van der Waals surface area contributed by atoms with E-state index in [4.69, 9.17) is 5.11 Å². The Labute approximate surface area is 159 Å². The molecule has 1 heterocycles. The van der Waals surface area contributed by atoms with Crippen LogP contribution in [0, 0.1) is 13.8 Å². The van der Waals surface area contributed by atoms with E-state index in [1.807, 2.05) is 13.0 Å². The smallest absolute Gasteiger partial charge is 0.335 e. The second-order valence-electron chi connectivity index (χ2n) is 6.16. The summed E-state index contributed by atoms with van der Waals surface area (Å²) in [5.41, 5.74) is 0.885. The Morgan fingerprint density at radius 3 is 2.43 bits per heavy atom. The fourth-order valence-corrected chi connectivity index (χ4v) is 2.69. The number of carboxylic acid groups (broad SMARTS) is 1. The van der Waals surface area contributed by atoms with Crippen molar-refractivity contribution in [3.8, 4) is 11.6 Å². The molecule has 0 atom stereocenters. The van der Waals surface area contributed by atoms with Crippen LogP contribution >= 0.6 is 0 Å². The van der Waals surface area contributed by atoms with E-state index in [1.165, 1.54) is 24.3 Å². The Morgan fingerprint density at radius 2 is 1.79 bits per heavy atom. The van der Waals surface area contributed by atoms with E-state index in [0.717, 1.165) is 21.9 Å². The van der Waals surface area contributed by atoms with Gasteiger partial charge in [0.1, 0.15) is 5.56 Å². The molecule has 28 heavy (non-hydrogen) atoms. The van der Waals surface area contributed by atoms with E-state index in [9.17, 15) is 19.5 Å². The van der Waals surface area contributed by atoms with Crippen molar-refractivity contribution in [2.75, 3.05) is 0 Å². The summed E-state index contributed by atoms with van der Waals surface area (Å²) in [6.07, 6.45) is 1.13. The topological polar surface area (TPSA) is 125 Å². The maximum Gasteiger partial charge on any atom is 0.335 e. The molecule has 2 aromatic carbocycles. The molecule has 0 amide bonds. The average Bonchev–Trinajstić information content (AvgIpc) is 2.65. The van der Waals surface area contributed by atoms with Crippen LogP contribution in [0.15, 0.2) is 57.0 Å². The SMILES string of the molecule is Cc1cccc(-n2c(O)c(C=Nc3ccc(C(=O)O)cc3)c(=O)[nH]c2=O)c1C. The van der Waals surface area contributed by atoms with Crippen LogP contribution in [0.5, 0.6) is 5.88 Å². The normalized spacial score (nSPS) is 11.1. The first-order valence-electron chi connectivity index (χ1n) is 8.32. The number of aromatic carboxylic acids is 1. The molecule has 0 saturated heterocycles. The molecular weight excluding hydrogens is 362 g/mol. The van der Waals surface area contributed by atoms with Crippen LogP contribution in [0.2, 0.25) is 0 Å². The lowest BCUT2D eigenvalue weighted by Gasteiger charge is -2.13. The molecule has 0 aliphatic heterocycles. The van der Waals surface area contributed by atoms with Gasteiger partial charge < -0.3 is 10.2 Å². The molecular formula is C20H17N3O5. The Bertz CT molecular complexity index is 1200. The van der Waals surface area contributed by atoms with E-state index in [0.29, 0.717) is 11.4 Å². The summed E-state index contributed by atoms with van der Waals surface area (Å²) < 4.78 is 1.01. The van der Waals surface area contributed by atoms with Crippen LogP contribution in [-0.4, -0.2) is 31.9 Å². The van der Waals surface area contributed by atoms with Crippen molar-refractivity contribution < 1.29 is 15.0 Å². The number of nitrogens with one attached hydrogen (secondary N) is 1. The molecule has 0 saturated carbocycles. The highest BCUT2D eigenvalue weighted by molar-refractivity contribution is 5.88. The van der Waals surface area contributed by atoms with Gasteiger partial charge in [0.25, 0.3) is 5.56 Å². The zero-order chi connectivity index (χ0) is 20.4. The third-order valence-corrected chi connectivity index (χ3v) is 4.39. The molecule has 0 unspecified atom stereocenters. The highest BCUT2D eigenvalue weighted by Crippen LogP contribution is 2.21. The monoisotopic (exact) mass is 379 g/mol. The predicted molar refractivity (Wildman–Crippen MR) is 104 cm³/mol. The van der Waals surface area contributed by atoms with Crippen LogP contribution in [0.25, 0.3) is 5.69 Å². The lowest BCUT2D eigenvalue weighted by Crippen LogP contribution is -2.31. The van der Waals surface area contributed by atoms with Crippen molar-refractivity contribution in [3.63, 3.8) is 0 Å². The fraction of sp³-hybridized carbons (Fsp3) is 0.100. The van der Waals surface area contributed by atoms with E-state index < -0.39 is 23.1 Å². The first kappa shape index (κ1) is 18.8. The third-order valence-electron chi connectivity index (χ3n) is 4.39. The number of nitrogens with zero attached hydrogens (tertiary/aromatic N) is 2. The minimum Gasteiger partial charge on any atom is -0.493 e. The Kier molecular flexibility index (Phi) is 4.95. The van der Waals surface area contributed by atoms with Gasteiger partial charge in [-0.3, -0.25) is 14.8 Å². The number of aromatic nitrogens is 2. The van der Waals surface area contributed by atoms with Gasteiger partial charge in [-0.2, -0.15) is 0 Å². The summed E-state index contributed by atoms with van der Waals surface area (Å²) in [5, 5.41) is 19.5. The Hall–Kier alpha value is -3.94. The zero-order valence-electron chi connectivity index (χ0n) is 15.1. The van der Waals surface area contributed by atoms with Crippen LogP contribution in [0.4, 0.5) is 5.69 Å². The number of H-pyrrole nitrogens is 1. The second-order valence-corrected chi connectivity index (χ2v) is 6.16. The van der Waals surface area contributed by atoms with E-state index >= 15 is 0 Å². The minimum atomic E-state index is -1.06. The molecule has 0 fully saturated rings. The lowest BCUT2D eigenvalue weighted by molar-refractivity contribution is 0.0697. The predicted octanol–water partition coefficient (Wildman–Crippen LogP) is 2.30. The molecule has 0 aliphatic rings. The first-order valence-corrected chi connectivity index (χ1v) is 8.32. The largest absolute Gasteiger partial charge is 0.493 e. The average molecular weight is 379 g/mol. The number of hydrogen-bond acceptors (Lipinski definition) is 5. The molecule has 0 radical (unpaired) electrons. The van der Waals surface area contributed by atoms with Gasteiger partial charge in [0.05, 0.1) is 16.9 Å². The number of aliphatic imine (C=N–C) groups is 1. The molecule has 142 valence electrons. The molecule has 8 heteroatoms. The Morgan fingerprint density at radius 1 is 1.11 bits per heavy atom. The number of aromatic hydroxyl groups is 1. The third kappa shape index (κ3) is 3.48. The number of hydrogen-bond donors (Lipinski definition) is 3. The summed E-state index contributed by atoms with van der Waals surface area (Å²) in [5.74, 6) is -1.60. The van der Waals surface area contributed by atoms with Gasteiger partial charge in [0.2, 0.25) is 5.88 Å². The standard InChI is InChI=1S/C20H17N3O5/c1-11-4-3-5-16(12(11)2)23-18(25)15(17(24)22-20(23)28)10-21-14-8-6-13(7-9-14)19(26)27/h3-10,25H,1-2H3,(H,26,27)(H,22,24,28). The summed E-state index contributed by atoms with van der Waals surface area (Å²) in [4.78, 5) is 41.6. The van der Waals surface area contributed by atoms with Gasteiger partial charge in [0.15, 0.2) is 0 Å². The van der Waals surface area contributed by atoms with Crippen molar-refractivity contribution >= 4 is 17.9 Å². The second kappa shape index (κ2) is 7.36. The van der Waals surface area contributed by atoms with E-state index in [-0.39, 0.29) is 11.1 Å². The zero-order valence-corrected chi connectivity index (χ0v) is 15.1. The van der Waals surface area contributed by atoms with Crippen molar-refractivity contribution in [2.45, 2.75) is 13.8 Å². The van der Waals surface area contributed by atoms with Gasteiger partial charge in [0, 0.05) is 6.21 Å². The number of carbonyl (C=O) groups is 1. The summed E-state index contributed by atoms with van der Waals surface area (Å²) >= 11 is 0. The number of carboxylic acids is 1. The molecule has 8 nitrogen and oxygen atoms in total. The number of rotatable bonds is 4. The minimum absolute atomic E-state index is 0.100. The van der Waals surface area contributed by atoms with Crippen molar-refractivity contribution in [3.05, 3.63) is 85.6 Å². The molecule has 0 aliphatic carbocycles. The Balaban J connectivity index is 2.10. The van der Waals surface area contributed by atoms with Crippen molar-refractivity contribution in [1.82, 2.24) is 9.55 Å². The van der Waals surface area contributed by atoms with E-state index in [1.54, 1.807) is 19.1 Å². The molecule has 3 rings (SSSR count). The highest BCUT2D eigenvalue weighted by atomic mass is 16.4. The molecule has 0 bridgehead atoms. The maximum atomic E-state index is 12.3. The molecule has 3 aromatic rings. The number of aromatic amines is 1. The van der Waals surface area contributed by atoms with Gasteiger partial charge in [-0.15, -0.1) is 0 Å². The van der Waals surface area contributed by atoms with Gasteiger partial charge in [-0.05, 0) is 55.3 Å². The summed E-state index contributed by atoms with van der Waals surface area (Å²) in [6.45, 7) is 3.68. The van der Waals surface area contributed by atoms with Crippen molar-refractivity contribution in [1.29, 1.82) is 0 Å². The van der Waals surface area contributed by atoms with Gasteiger partial charge in [-0.25, -0.2) is 14.2 Å². The van der Waals surface area contributed by atoms with Crippen LogP contribution in [0.3, 0.4) is 0 Å². The first-order chi connectivity index (χ1) is 13.3. The molecule has 1 aromatic heterocycles. The van der Waals surface area contributed by atoms with E-state index in [2.05, 4.69) is 9.98 Å². The quantitative estimate of drug-likeness (QED) is 0.600.